The van der Waals surface area contributed by atoms with Gasteiger partial charge < -0.3 is 5.73 Å². The Kier molecular flexibility index (Phi) is 6.05. The molecule has 0 aromatic carbocycles. The zero-order chi connectivity index (χ0) is 13.5. The molecule has 0 aliphatic rings. The van der Waals surface area contributed by atoms with E-state index in [1.807, 2.05) is 13.0 Å². The van der Waals surface area contributed by atoms with E-state index in [1.54, 1.807) is 0 Å². The molecule has 0 radical (unpaired) electrons. The van der Waals surface area contributed by atoms with Crippen LogP contribution in [0.3, 0.4) is 0 Å². The number of hydrogen-bond donors (Lipinski definition) is 1. The minimum atomic E-state index is 0.557. The van der Waals surface area contributed by atoms with Gasteiger partial charge >= 0.3 is 0 Å². The average molecular weight is 250 g/mol. The van der Waals surface area contributed by atoms with Crippen molar-refractivity contribution in [3.05, 3.63) is 17.6 Å². The summed E-state index contributed by atoms with van der Waals surface area (Å²) in [5.74, 6) is 1.40. The van der Waals surface area contributed by atoms with Crippen LogP contribution in [0.1, 0.15) is 51.6 Å². The van der Waals surface area contributed by atoms with Crippen molar-refractivity contribution < 1.29 is 0 Å². The highest BCUT2D eigenvalue weighted by atomic mass is 15.2. The van der Waals surface area contributed by atoms with Gasteiger partial charge in [0.05, 0.1) is 6.54 Å². The third-order valence-electron chi connectivity index (χ3n) is 3.28. The van der Waals surface area contributed by atoms with Gasteiger partial charge in [-0.25, -0.2) is 9.97 Å². The highest BCUT2D eigenvalue weighted by Gasteiger charge is 2.14. The van der Waals surface area contributed by atoms with Crippen molar-refractivity contribution in [1.29, 1.82) is 0 Å². The lowest BCUT2D eigenvalue weighted by Crippen LogP contribution is -2.33. The molecule has 1 heterocycles. The molecule has 0 aliphatic carbocycles. The van der Waals surface area contributed by atoms with E-state index in [4.69, 9.17) is 5.73 Å². The van der Waals surface area contributed by atoms with E-state index in [2.05, 4.69) is 35.6 Å². The van der Waals surface area contributed by atoms with Crippen LogP contribution in [0.2, 0.25) is 0 Å². The fourth-order valence-electron chi connectivity index (χ4n) is 1.98. The van der Waals surface area contributed by atoms with Gasteiger partial charge in [0.2, 0.25) is 0 Å². The molecule has 4 heteroatoms. The summed E-state index contributed by atoms with van der Waals surface area (Å²) >= 11 is 0. The molecule has 0 fully saturated rings. The van der Waals surface area contributed by atoms with E-state index in [1.165, 1.54) is 12.8 Å². The smallest absolute Gasteiger partial charge is 0.144 e. The SMILES string of the molecule is CCCCN(Cc1nc(C)cc(N)n1)C(C)CC. The van der Waals surface area contributed by atoms with Crippen LogP contribution in [0, 0.1) is 6.92 Å². The first kappa shape index (κ1) is 14.9. The molecule has 1 aromatic heterocycles. The Morgan fingerprint density at radius 2 is 2.06 bits per heavy atom. The first-order valence-electron chi connectivity index (χ1n) is 6.90. The van der Waals surface area contributed by atoms with Crippen LogP contribution in [0.15, 0.2) is 6.07 Å². The second-order valence-corrected chi connectivity index (χ2v) is 4.93. The van der Waals surface area contributed by atoms with Crippen molar-refractivity contribution in [2.24, 2.45) is 0 Å². The van der Waals surface area contributed by atoms with Gasteiger partial charge in [-0.3, -0.25) is 4.90 Å². The number of nitrogens with two attached hydrogens (primary N) is 1. The molecular formula is C14H26N4. The molecule has 4 nitrogen and oxygen atoms in total. The molecule has 18 heavy (non-hydrogen) atoms. The van der Waals surface area contributed by atoms with Crippen LogP contribution in [0.5, 0.6) is 0 Å². The van der Waals surface area contributed by atoms with Crippen molar-refractivity contribution in [2.75, 3.05) is 12.3 Å². The first-order valence-corrected chi connectivity index (χ1v) is 6.90. The first-order chi connectivity index (χ1) is 8.56. The number of rotatable bonds is 7. The van der Waals surface area contributed by atoms with Gasteiger partial charge in [-0.05, 0) is 33.2 Å². The molecule has 0 aliphatic heterocycles. The summed E-state index contributed by atoms with van der Waals surface area (Å²) in [4.78, 5) is 11.2. The second kappa shape index (κ2) is 7.31. The Morgan fingerprint density at radius 1 is 1.33 bits per heavy atom. The highest BCUT2D eigenvalue weighted by Crippen LogP contribution is 2.11. The van der Waals surface area contributed by atoms with E-state index >= 15 is 0 Å². The van der Waals surface area contributed by atoms with Crippen LogP contribution in [0.4, 0.5) is 5.82 Å². The summed E-state index contributed by atoms with van der Waals surface area (Å²) in [6.07, 6.45) is 3.57. The number of anilines is 1. The van der Waals surface area contributed by atoms with Crippen LogP contribution >= 0.6 is 0 Å². The highest BCUT2D eigenvalue weighted by molar-refractivity contribution is 5.29. The van der Waals surface area contributed by atoms with E-state index in [0.717, 1.165) is 31.0 Å². The molecule has 1 aromatic rings. The lowest BCUT2D eigenvalue weighted by Gasteiger charge is -2.27. The topological polar surface area (TPSA) is 55.0 Å². The molecule has 0 saturated carbocycles. The molecule has 2 N–H and O–H groups in total. The summed E-state index contributed by atoms with van der Waals surface area (Å²) < 4.78 is 0. The maximum atomic E-state index is 5.77. The Bertz CT molecular complexity index is 345. The molecule has 102 valence electrons. The number of aromatic nitrogens is 2. The standard InChI is InChI=1S/C14H26N4/c1-5-7-8-18(12(4)6-2)10-14-16-11(3)9-13(15)17-14/h9,12H,5-8,10H2,1-4H3,(H2,15,16,17). The van der Waals surface area contributed by atoms with Crippen molar-refractivity contribution in [3.8, 4) is 0 Å². The Balaban J connectivity index is 2.74. The van der Waals surface area contributed by atoms with E-state index in [-0.39, 0.29) is 0 Å². The second-order valence-electron chi connectivity index (χ2n) is 4.93. The lowest BCUT2D eigenvalue weighted by molar-refractivity contribution is 0.187. The maximum absolute atomic E-state index is 5.77. The van der Waals surface area contributed by atoms with Gasteiger partial charge in [0.1, 0.15) is 11.6 Å². The number of aryl methyl sites for hydroxylation is 1. The van der Waals surface area contributed by atoms with Crippen molar-refractivity contribution >= 4 is 5.82 Å². The molecule has 1 rings (SSSR count). The van der Waals surface area contributed by atoms with Crippen LogP contribution < -0.4 is 5.73 Å². The lowest BCUT2D eigenvalue weighted by atomic mass is 10.2. The van der Waals surface area contributed by atoms with Gasteiger partial charge in [0.25, 0.3) is 0 Å². The maximum Gasteiger partial charge on any atom is 0.144 e. The van der Waals surface area contributed by atoms with E-state index < -0.39 is 0 Å². The van der Waals surface area contributed by atoms with Crippen molar-refractivity contribution in [1.82, 2.24) is 14.9 Å². The zero-order valence-electron chi connectivity index (χ0n) is 12.1. The molecule has 0 saturated heterocycles. The quantitative estimate of drug-likeness (QED) is 0.808. The zero-order valence-corrected chi connectivity index (χ0v) is 12.1. The molecular weight excluding hydrogens is 224 g/mol. The van der Waals surface area contributed by atoms with Crippen LogP contribution in [0.25, 0.3) is 0 Å². The van der Waals surface area contributed by atoms with Crippen molar-refractivity contribution in [3.63, 3.8) is 0 Å². The minimum absolute atomic E-state index is 0.557. The minimum Gasteiger partial charge on any atom is -0.384 e. The monoisotopic (exact) mass is 250 g/mol. The number of hydrogen-bond acceptors (Lipinski definition) is 4. The molecule has 1 atom stereocenters. The fourth-order valence-corrected chi connectivity index (χ4v) is 1.98. The van der Waals surface area contributed by atoms with Gasteiger partial charge in [0, 0.05) is 17.8 Å². The van der Waals surface area contributed by atoms with Gasteiger partial charge in [-0.15, -0.1) is 0 Å². The predicted octanol–water partition coefficient (Wildman–Crippen LogP) is 2.77. The van der Waals surface area contributed by atoms with E-state index in [0.29, 0.717) is 11.9 Å². The van der Waals surface area contributed by atoms with E-state index in [9.17, 15) is 0 Å². The van der Waals surface area contributed by atoms with Gasteiger partial charge in [-0.1, -0.05) is 20.3 Å². The molecule has 0 bridgehead atoms. The third-order valence-corrected chi connectivity index (χ3v) is 3.28. The molecule has 1 unspecified atom stereocenters. The summed E-state index contributed by atoms with van der Waals surface area (Å²) in [6.45, 7) is 10.5. The third kappa shape index (κ3) is 4.61. The fraction of sp³-hybridized carbons (Fsp3) is 0.714. The normalized spacial score (nSPS) is 12.9. The average Bonchev–Trinajstić information content (AvgIpc) is 2.32. The number of unbranched alkanes of at least 4 members (excludes halogenated alkanes) is 1. The molecule has 0 spiro atoms. The summed E-state index contributed by atoms with van der Waals surface area (Å²) in [6, 6.07) is 2.37. The Hall–Kier alpha value is -1.16. The van der Waals surface area contributed by atoms with Crippen LogP contribution in [-0.4, -0.2) is 27.5 Å². The number of nitrogens with zero attached hydrogens (tertiary/aromatic N) is 3. The largest absolute Gasteiger partial charge is 0.384 e. The van der Waals surface area contributed by atoms with Gasteiger partial charge in [-0.2, -0.15) is 0 Å². The van der Waals surface area contributed by atoms with Gasteiger partial charge in [0.15, 0.2) is 0 Å². The van der Waals surface area contributed by atoms with Crippen molar-refractivity contribution in [2.45, 2.75) is 59.5 Å². The Morgan fingerprint density at radius 3 is 2.61 bits per heavy atom. The number of nitrogen functional groups attached to an aromatic ring is 1. The molecule has 0 amide bonds. The predicted molar refractivity (Wildman–Crippen MR) is 76.3 cm³/mol. The summed E-state index contributed by atoms with van der Waals surface area (Å²) in [5.41, 5.74) is 6.72. The summed E-state index contributed by atoms with van der Waals surface area (Å²) in [5, 5.41) is 0. The Labute approximate surface area is 111 Å². The van der Waals surface area contributed by atoms with Crippen LogP contribution in [-0.2, 0) is 6.54 Å². The summed E-state index contributed by atoms with van der Waals surface area (Å²) in [7, 11) is 0.